The summed E-state index contributed by atoms with van der Waals surface area (Å²) in [7, 11) is 1.68. The van der Waals surface area contributed by atoms with Crippen molar-refractivity contribution in [2.45, 2.75) is 32.6 Å². The molecule has 0 bridgehead atoms. The zero-order valence-corrected chi connectivity index (χ0v) is 11.2. The van der Waals surface area contributed by atoms with E-state index in [1.54, 1.807) is 7.11 Å². The van der Waals surface area contributed by atoms with Gasteiger partial charge in [0.1, 0.15) is 5.75 Å². The van der Waals surface area contributed by atoms with Gasteiger partial charge in [-0.1, -0.05) is 12.1 Å². The van der Waals surface area contributed by atoms with E-state index >= 15 is 0 Å². The third kappa shape index (κ3) is 2.66. The molecule has 1 saturated heterocycles. The highest BCUT2D eigenvalue weighted by Crippen LogP contribution is 2.32. The molecular formula is C14H21NO3. The second kappa shape index (κ2) is 5.69. The molecule has 1 aliphatic heterocycles. The van der Waals surface area contributed by atoms with Crippen LogP contribution in [0.2, 0.25) is 0 Å². The topological polar surface area (TPSA) is 53.7 Å². The van der Waals surface area contributed by atoms with Crippen LogP contribution in [0.15, 0.2) is 12.1 Å². The largest absolute Gasteiger partial charge is 0.496 e. The van der Waals surface area contributed by atoms with E-state index in [4.69, 9.17) is 19.9 Å². The van der Waals surface area contributed by atoms with Gasteiger partial charge in [-0.25, -0.2) is 0 Å². The Bertz CT molecular complexity index is 414. The molecule has 1 heterocycles. The molecule has 4 heteroatoms. The van der Waals surface area contributed by atoms with Crippen molar-refractivity contribution in [1.29, 1.82) is 0 Å². The highest BCUT2D eigenvalue weighted by atomic mass is 16.7. The highest BCUT2D eigenvalue weighted by molar-refractivity contribution is 5.46. The SMILES string of the molecule is COc1c(C(N)CC2OCCO2)ccc(C)c1C. The van der Waals surface area contributed by atoms with Crippen LogP contribution in [0.3, 0.4) is 0 Å². The lowest BCUT2D eigenvalue weighted by Crippen LogP contribution is -2.20. The zero-order chi connectivity index (χ0) is 13.1. The normalized spacial score (nSPS) is 18.0. The zero-order valence-electron chi connectivity index (χ0n) is 11.2. The van der Waals surface area contributed by atoms with Crippen LogP contribution in [0, 0.1) is 13.8 Å². The highest BCUT2D eigenvalue weighted by Gasteiger charge is 2.23. The van der Waals surface area contributed by atoms with Gasteiger partial charge in [-0.05, 0) is 25.0 Å². The third-order valence-electron chi connectivity index (χ3n) is 3.45. The summed E-state index contributed by atoms with van der Waals surface area (Å²) < 4.78 is 16.3. The van der Waals surface area contributed by atoms with Crippen molar-refractivity contribution in [1.82, 2.24) is 0 Å². The van der Waals surface area contributed by atoms with Crippen LogP contribution in [0.1, 0.15) is 29.2 Å². The molecule has 1 aliphatic rings. The molecule has 1 unspecified atom stereocenters. The summed E-state index contributed by atoms with van der Waals surface area (Å²) in [6.07, 6.45) is 0.463. The first kappa shape index (κ1) is 13.3. The van der Waals surface area contributed by atoms with Gasteiger partial charge in [-0.15, -0.1) is 0 Å². The number of nitrogens with two attached hydrogens (primary N) is 1. The first-order chi connectivity index (χ1) is 8.63. The lowest BCUT2D eigenvalue weighted by molar-refractivity contribution is -0.0508. The number of methoxy groups -OCH3 is 1. The van der Waals surface area contributed by atoms with E-state index in [0.29, 0.717) is 19.6 Å². The average Bonchev–Trinajstić information content (AvgIpc) is 2.85. The fourth-order valence-corrected chi connectivity index (χ4v) is 2.25. The maximum Gasteiger partial charge on any atom is 0.159 e. The van der Waals surface area contributed by atoms with Gasteiger partial charge in [0.25, 0.3) is 0 Å². The van der Waals surface area contributed by atoms with Crippen molar-refractivity contribution in [3.05, 3.63) is 28.8 Å². The van der Waals surface area contributed by atoms with Crippen molar-refractivity contribution in [2.24, 2.45) is 5.73 Å². The first-order valence-electron chi connectivity index (χ1n) is 6.26. The lowest BCUT2D eigenvalue weighted by Gasteiger charge is -2.20. The fraction of sp³-hybridized carbons (Fsp3) is 0.571. The Labute approximate surface area is 108 Å². The summed E-state index contributed by atoms with van der Waals surface area (Å²) in [6.45, 7) is 5.42. The van der Waals surface area contributed by atoms with E-state index in [9.17, 15) is 0 Å². The molecule has 4 nitrogen and oxygen atoms in total. The molecular weight excluding hydrogens is 230 g/mol. The van der Waals surface area contributed by atoms with E-state index in [0.717, 1.165) is 16.9 Å². The van der Waals surface area contributed by atoms with Gasteiger partial charge in [-0.2, -0.15) is 0 Å². The number of hydrogen-bond acceptors (Lipinski definition) is 4. The number of rotatable bonds is 4. The minimum atomic E-state index is -0.189. The smallest absolute Gasteiger partial charge is 0.159 e. The van der Waals surface area contributed by atoms with Crippen molar-refractivity contribution < 1.29 is 14.2 Å². The van der Waals surface area contributed by atoms with E-state index in [2.05, 4.69) is 13.0 Å². The molecule has 1 aromatic rings. The molecule has 1 atom stereocenters. The van der Waals surface area contributed by atoms with Crippen LogP contribution in [0.4, 0.5) is 0 Å². The molecule has 2 rings (SSSR count). The molecule has 1 aromatic carbocycles. The molecule has 0 spiro atoms. The van der Waals surface area contributed by atoms with Crippen molar-refractivity contribution in [2.75, 3.05) is 20.3 Å². The molecule has 18 heavy (non-hydrogen) atoms. The quantitative estimate of drug-likeness (QED) is 0.890. The van der Waals surface area contributed by atoms with Crippen LogP contribution in [-0.2, 0) is 9.47 Å². The van der Waals surface area contributed by atoms with Crippen LogP contribution < -0.4 is 10.5 Å². The fourth-order valence-electron chi connectivity index (χ4n) is 2.25. The molecule has 0 aromatic heterocycles. The minimum Gasteiger partial charge on any atom is -0.496 e. The van der Waals surface area contributed by atoms with Gasteiger partial charge in [0.15, 0.2) is 6.29 Å². The van der Waals surface area contributed by atoms with E-state index < -0.39 is 0 Å². The Hall–Kier alpha value is -1.10. The van der Waals surface area contributed by atoms with E-state index in [-0.39, 0.29) is 12.3 Å². The maximum absolute atomic E-state index is 6.23. The molecule has 1 fully saturated rings. The Balaban J connectivity index is 2.18. The van der Waals surface area contributed by atoms with Crippen molar-refractivity contribution in [3.8, 4) is 5.75 Å². The molecule has 0 radical (unpaired) electrons. The Kier molecular flexibility index (Phi) is 4.22. The molecule has 0 amide bonds. The summed E-state index contributed by atoms with van der Waals surface area (Å²) in [5, 5.41) is 0. The predicted octanol–water partition coefficient (Wildman–Crippen LogP) is 2.07. The van der Waals surface area contributed by atoms with E-state index in [1.807, 2.05) is 13.0 Å². The van der Waals surface area contributed by atoms with Crippen LogP contribution in [0.25, 0.3) is 0 Å². The Morgan fingerprint density at radius 2 is 2.00 bits per heavy atom. The van der Waals surface area contributed by atoms with Crippen molar-refractivity contribution >= 4 is 0 Å². The summed E-state index contributed by atoms with van der Waals surface area (Å²) in [5.41, 5.74) is 9.59. The lowest BCUT2D eigenvalue weighted by atomic mass is 9.97. The first-order valence-corrected chi connectivity index (χ1v) is 6.26. The van der Waals surface area contributed by atoms with Gasteiger partial charge < -0.3 is 19.9 Å². The van der Waals surface area contributed by atoms with Gasteiger partial charge in [0, 0.05) is 18.0 Å². The number of benzene rings is 1. The Morgan fingerprint density at radius 1 is 1.33 bits per heavy atom. The summed E-state index contributed by atoms with van der Waals surface area (Å²) >= 11 is 0. The van der Waals surface area contributed by atoms with Crippen LogP contribution >= 0.6 is 0 Å². The second-order valence-electron chi connectivity index (χ2n) is 4.64. The van der Waals surface area contributed by atoms with Gasteiger partial charge in [0.05, 0.1) is 20.3 Å². The summed E-state index contributed by atoms with van der Waals surface area (Å²) in [5.74, 6) is 0.875. The monoisotopic (exact) mass is 251 g/mol. The summed E-state index contributed by atoms with van der Waals surface area (Å²) in [6, 6.07) is 3.96. The van der Waals surface area contributed by atoms with Gasteiger partial charge in [-0.3, -0.25) is 0 Å². The standard InChI is InChI=1S/C14H21NO3/c1-9-4-5-11(14(16-3)10(9)2)12(15)8-13-17-6-7-18-13/h4-5,12-13H,6-8,15H2,1-3H3. The molecule has 2 N–H and O–H groups in total. The summed E-state index contributed by atoms with van der Waals surface area (Å²) in [4.78, 5) is 0. The molecule has 0 saturated carbocycles. The van der Waals surface area contributed by atoms with Gasteiger partial charge >= 0.3 is 0 Å². The van der Waals surface area contributed by atoms with Crippen LogP contribution in [-0.4, -0.2) is 26.6 Å². The minimum absolute atomic E-state index is 0.137. The maximum atomic E-state index is 6.23. The molecule has 0 aliphatic carbocycles. The van der Waals surface area contributed by atoms with Gasteiger partial charge in [0.2, 0.25) is 0 Å². The third-order valence-corrected chi connectivity index (χ3v) is 3.45. The number of hydrogen-bond donors (Lipinski definition) is 1. The second-order valence-corrected chi connectivity index (χ2v) is 4.64. The number of ether oxygens (including phenoxy) is 3. The van der Waals surface area contributed by atoms with Crippen molar-refractivity contribution in [3.63, 3.8) is 0 Å². The average molecular weight is 251 g/mol. The molecule has 100 valence electrons. The predicted molar refractivity (Wildman–Crippen MR) is 69.7 cm³/mol. The van der Waals surface area contributed by atoms with E-state index in [1.165, 1.54) is 5.56 Å². The number of aryl methyl sites for hydroxylation is 1. The Morgan fingerprint density at radius 3 is 2.61 bits per heavy atom. The van der Waals surface area contributed by atoms with Crippen LogP contribution in [0.5, 0.6) is 5.75 Å².